The number of carbonyl (C=O) groups is 1. The van der Waals surface area contributed by atoms with Crippen LogP contribution < -0.4 is 21.1 Å². The molecule has 0 aliphatic heterocycles. The number of amides is 1. The van der Waals surface area contributed by atoms with Crippen molar-refractivity contribution >= 4 is 17.6 Å². The van der Waals surface area contributed by atoms with Gasteiger partial charge in [0.1, 0.15) is 17.3 Å². The van der Waals surface area contributed by atoms with Crippen molar-refractivity contribution < 1.29 is 13.9 Å². The second-order valence-corrected chi connectivity index (χ2v) is 6.49. The van der Waals surface area contributed by atoms with E-state index >= 15 is 0 Å². The van der Waals surface area contributed by atoms with Crippen LogP contribution in [0.25, 0.3) is 0 Å². The first-order valence-corrected chi connectivity index (χ1v) is 9.49. The molecular weight excluding hydrogens is 383 g/mol. The molecule has 0 aromatic heterocycles. The molecule has 0 heterocycles. The van der Waals surface area contributed by atoms with Crippen LogP contribution in [-0.4, -0.2) is 25.0 Å². The quantitative estimate of drug-likeness (QED) is 0.302. The molecular formula is C23H23FN4O2. The molecule has 0 aliphatic carbocycles. The van der Waals surface area contributed by atoms with E-state index in [-0.39, 0.29) is 24.1 Å². The predicted molar refractivity (Wildman–Crippen MR) is 116 cm³/mol. The van der Waals surface area contributed by atoms with E-state index in [1.165, 1.54) is 12.1 Å². The van der Waals surface area contributed by atoms with E-state index in [9.17, 15) is 9.18 Å². The average molecular weight is 406 g/mol. The van der Waals surface area contributed by atoms with Crippen LogP contribution in [0.1, 0.15) is 5.56 Å². The molecule has 3 aromatic rings. The normalized spacial score (nSPS) is 11.0. The summed E-state index contributed by atoms with van der Waals surface area (Å²) in [6.07, 6.45) is 0.186. The van der Waals surface area contributed by atoms with Gasteiger partial charge in [-0.1, -0.05) is 36.4 Å². The summed E-state index contributed by atoms with van der Waals surface area (Å²) in [4.78, 5) is 16.1. The van der Waals surface area contributed by atoms with Gasteiger partial charge in [0.05, 0.1) is 13.0 Å². The van der Waals surface area contributed by atoms with E-state index < -0.39 is 0 Å². The summed E-state index contributed by atoms with van der Waals surface area (Å²) in [6.45, 7) is 0.674. The average Bonchev–Trinajstić information content (AvgIpc) is 2.74. The van der Waals surface area contributed by atoms with Crippen LogP contribution >= 0.6 is 0 Å². The van der Waals surface area contributed by atoms with E-state index in [0.717, 1.165) is 17.0 Å². The first-order valence-electron chi connectivity index (χ1n) is 9.49. The summed E-state index contributed by atoms with van der Waals surface area (Å²) in [5, 5.41) is 5.76. The van der Waals surface area contributed by atoms with Crippen LogP contribution in [0, 0.1) is 5.82 Å². The van der Waals surface area contributed by atoms with Crippen LogP contribution in [0.15, 0.2) is 83.9 Å². The number of rotatable bonds is 8. The summed E-state index contributed by atoms with van der Waals surface area (Å²) in [5.41, 5.74) is 7.40. The Morgan fingerprint density at radius 3 is 2.47 bits per heavy atom. The summed E-state index contributed by atoms with van der Waals surface area (Å²) in [6, 6.07) is 22.7. The van der Waals surface area contributed by atoms with Crippen molar-refractivity contribution in [3.63, 3.8) is 0 Å². The molecule has 0 spiro atoms. The van der Waals surface area contributed by atoms with Gasteiger partial charge in [-0.2, -0.15) is 0 Å². The molecule has 0 unspecified atom stereocenters. The number of carbonyl (C=O) groups excluding carboxylic acids is 1. The number of anilines is 1. The zero-order valence-electron chi connectivity index (χ0n) is 16.3. The lowest BCUT2D eigenvalue weighted by Crippen LogP contribution is -2.29. The molecule has 0 saturated carbocycles. The van der Waals surface area contributed by atoms with Crippen molar-refractivity contribution in [1.82, 2.24) is 5.32 Å². The topological polar surface area (TPSA) is 88.7 Å². The number of nitrogens with one attached hydrogen (secondary N) is 2. The molecule has 7 heteroatoms. The maximum Gasteiger partial charge on any atom is 0.224 e. The van der Waals surface area contributed by atoms with Crippen LogP contribution in [0.4, 0.5) is 10.1 Å². The molecule has 3 rings (SSSR count). The molecule has 3 aromatic carbocycles. The largest absolute Gasteiger partial charge is 0.457 e. The van der Waals surface area contributed by atoms with Crippen LogP contribution in [-0.2, 0) is 11.2 Å². The third-order valence-electron chi connectivity index (χ3n) is 4.08. The van der Waals surface area contributed by atoms with E-state index in [4.69, 9.17) is 10.5 Å². The highest BCUT2D eigenvalue weighted by atomic mass is 19.1. The number of ether oxygens (including phenoxy) is 1. The maximum atomic E-state index is 12.9. The molecule has 0 fully saturated rings. The first kappa shape index (κ1) is 20.9. The Morgan fingerprint density at radius 2 is 1.70 bits per heavy atom. The lowest BCUT2D eigenvalue weighted by molar-refractivity contribution is -0.120. The first-order chi connectivity index (χ1) is 14.6. The van der Waals surface area contributed by atoms with Crippen molar-refractivity contribution in [1.29, 1.82) is 0 Å². The zero-order chi connectivity index (χ0) is 21.2. The Hall–Kier alpha value is -3.87. The number of nitrogens with two attached hydrogens (primary N) is 1. The van der Waals surface area contributed by atoms with Crippen molar-refractivity contribution in [3.8, 4) is 11.5 Å². The minimum atomic E-state index is -0.325. The second kappa shape index (κ2) is 10.6. The Balaban J connectivity index is 1.43. The summed E-state index contributed by atoms with van der Waals surface area (Å²) < 4.78 is 18.7. The standard InChI is InChI=1S/C23H23FN4O2/c24-18-11-9-17(10-12-18)15-22(29)26-13-14-27-23(25)28-19-5-4-8-21(16-19)30-20-6-2-1-3-7-20/h1-12,16H,13-15H2,(H,26,29)(H3,25,27,28). The Labute approximate surface area is 174 Å². The highest BCUT2D eigenvalue weighted by Gasteiger charge is 2.03. The fourth-order valence-electron chi connectivity index (χ4n) is 2.67. The lowest BCUT2D eigenvalue weighted by atomic mass is 10.1. The fourth-order valence-corrected chi connectivity index (χ4v) is 2.67. The number of guanidine groups is 1. The van der Waals surface area contributed by atoms with Gasteiger partial charge in [-0.15, -0.1) is 0 Å². The van der Waals surface area contributed by atoms with Gasteiger partial charge in [0, 0.05) is 18.3 Å². The monoisotopic (exact) mass is 406 g/mol. The predicted octanol–water partition coefficient (Wildman–Crippen LogP) is 3.70. The fraction of sp³-hybridized carbons (Fsp3) is 0.130. The van der Waals surface area contributed by atoms with Crippen molar-refractivity contribution in [2.45, 2.75) is 6.42 Å². The molecule has 0 aliphatic rings. The van der Waals surface area contributed by atoms with E-state index in [1.807, 2.05) is 54.6 Å². The van der Waals surface area contributed by atoms with Gasteiger partial charge >= 0.3 is 0 Å². The molecule has 0 bridgehead atoms. The van der Waals surface area contributed by atoms with Crippen molar-refractivity contribution in [2.24, 2.45) is 10.7 Å². The second-order valence-electron chi connectivity index (χ2n) is 6.49. The third kappa shape index (κ3) is 6.94. The molecule has 0 atom stereocenters. The van der Waals surface area contributed by atoms with Crippen LogP contribution in [0.3, 0.4) is 0 Å². The Kier molecular flexibility index (Phi) is 7.38. The summed E-state index contributed by atoms with van der Waals surface area (Å²) in [7, 11) is 0. The van der Waals surface area contributed by atoms with E-state index in [2.05, 4.69) is 15.6 Å². The van der Waals surface area contributed by atoms with E-state index in [0.29, 0.717) is 18.8 Å². The maximum absolute atomic E-state index is 12.9. The Morgan fingerprint density at radius 1 is 0.967 bits per heavy atom. The number of benzene rings is 3. The smallest absolute Gasteiger partial charge is 0.224 e. The zero-order valence-corrected chi connectivity index (χ0v) is 16.3. The van der Waals surface area contributed by atoms with Gasteiger partial charge in [-0.3, -0.25) is 9.79 Å². The third-order valence-corrected chi connectivity index (χ3v) is 4.08. The molecule has 6 nitrogen and oxygen atoms in total. The van der Waals surface area contributed by atoms with Gasteiger partial charge in [0.15, 0.2) is 5.96 Å². The molecule has 154 valence electrons. The lowest BCUT2D eigenvalue weighted by Gasteiger charge is -2.09. The molecule has 30 heavy (non-hydrogen) atoms. The van der Waals surface area contributed by atoms with Gasteiger partial charge in [-0.05, 0) is 42.0 Å². The molecule has 4 N–H and O–H groups in total. The summed E-state index contributed by atoms with van der Waals surface area (Å²) in [5.74, 6) is 1.17. The molecule has 1 amide bonds. The number of para-hydroxylation sites is 1. The number of aliphatic imine (C=N–C) groups is 1. The minimum Gasteiger partial charge on any atom is -0.457 e. The van der Waals surface area contributed by atoms with Gasteiger partial charge in [0.25, 0.3) is 0 Å². The van der Waals surface area contributed by atoms with Crippen LogP contribution in [0.2, 0.25) is 0 Å². The highest BCUT2D eigenvalue weighted by molar-refractivity contribution is 5.92. The van der Waals surface area contributed by atoms with Gasteiger partial charge in [0.2, 0.25) is 5.91 Å². The number of hydrogen-bond donors (Lipinski definition) is 3. The van der Waals surface area contributed by atoms with Crippen molar-refractivity contribution in [3.05, 3.63) is 90.2 Å². The molecule has 0 radical (unpaired) electrons. The number of halogens is 1. The Bertz CT molecular complexity index is 992. The van der Waals surface area contributed by atoms with E-state index in [1.54, 1.807) is 12.1 Å². The molecule has 0 saturated heterocycles. The van der Waals surface area contributed by atoms with Gasteiger partial charge < -0.3 is 21.1 Å². The van der Waals surface area contributed by atoms with Crippen LogP contribution in [0.5, 0.6) is 11.5 Å². The van der Waals surface area contributed by atoms with Gasteiger partial charge in [-0.25, -0.2) is 4.39 Å². The SMILES string of the molecule is NC(=NCCNC(=O)Cc1ccc(F)cc1)Nc1cccc(Oc2ccccc2)c1. The minimum absolute atomic E-state index is 0.158. The van der Waals surface area contributed by atoms with Crippen molar-refractivity contribution in [2.75, 3.05) is 18.4 Å². The highest BCUT2D eigenvalue weighted by Crippen LogP contribution is 2.23. The number of nitrogens with zero attached hydrogens (tertiary/aromatic N) is 1. The summed E-state index contributed by atoms with van der Waals surface area (Å²) >= 11 is 0. The number of hydrogen-bond acceptors (Lipinski definition) is 3.